The highest BCUT2D eigenvalue weighted by atomic mass is 19.1. The van der Waals surface area contributed by atoms with Crippen molar-refractivity contribution in [2.45, 2.75) is 13.3 Å². The molecule has 2 rings (SSSR count). The van der Waals surface area contributed by atoms with Crippen molar-refractivity contribution in [3.05, 3.63) is 24.3 Å². The maximum absolute atomic E-state index is 13.6. The lowest BCUT2D eigenvalue weighted by Crippen LogP contribution is -2.06. The molecule has 0 fully saturated rings. The Labute approximate surface area is 98.7 Å². The summed E-state index contributed by atoms with van der Waals surface area (Å²) in [5, 5.41) is 7.14. The lowest BCUT2D eigenvalue weighted by atomic mass is 10.3. The van der Waals surface area contributed by atoms with Crippen LogP contribution in [0.5, 0.6) is 0 Å². The molecule has 0 saturated carbocycles. The van der Waals surface area contributed by atoms with Crippen molar-refractivity contribution < 1.29 is 4.39 Å². The van der Waals surface area contributed by atoms with E-state index in [2.05, 4.69) is 20.4 Å². The molecule has 17 heavy (non-hydrogen) atoms. The van der Waals surface area contributed by atoms with Gasteiger partial charge in [0.2, 0.25) is 5.95 Å². The van der Waals surface area contributed by atoms with Crippen LogP contribution in [0.3, 0.4) is 0 Å². The van der Waals surface area contributed by atoms with Gasteiger partial charge in [-0.15, -0.1) is 0 Å². The number of nitrogens with one attached hydrogen (secondary N) is 1. The molecule has 1 N–H and O–H groups in total. The van der Waals surface area contributed by atoms with Crippen molar-refractivity contribution >= 4 is 5.95 Å². The molecule has 0 bridgehead atoms. The van der Waals surface area contributed by atoms with Crippen LogP contribution >= 0.6 is 0 Å². The molecule has 6 heteroatoms. The maximum atomic E-state index is 13.6. The molecule has 90 valence electrons. The Hall–Kier alpha value is -1.98. The van der Waals surface area contributed by atoms with Gasteiger partial charge in [0, 0.05) is 19.8 Å². The monoisotopic (exact) mass is 235 g/mol. The minimum Gasteiger partial charge on any atom is -0.354 e. The maximum Gasteiger partial charge on any atom is 0.223 e. The number of aryl methyl sites for hydroxylation is 1. The number of hydrogen-bond acceptors (Lipinski definition) is 4. The summed E-state index contributed by atoms with van der Waals surface area (Å²) in [5.41, 5.74) is 0.728. The van der Waals surface area contributed by atoms with E-state index in [1.165, 1.54) is 0 Å². The third-order valence-corrected chi connectivity index (χ3v) is 2.23. The fourth-order valence-corrected chi connectivity index (χ4v) is 1.41. The van der Waals surface area contributed by atoms with Gasteiger partial charge in [-0.25, -0.2) is 14.4 Å². The van der Waals surface area contributed by atoms with E-state index in [1.54, 1.807) is 24.0 Å². The zero-order valence-electron chi connectivity index (χ0n) is 9.81. The Morgan fingerprint density at radius 1 is 1.47 bits per heavy atom. The molecule has 2 heterocycles. The van der Waals surface area contributed by atoms with Gasteiger partial charge in [-0.2, -0.15) is 5.10 Å². The van der Waals surface area contributed by atoms with Gasteiger partial charge in [0.05, 0.1) is 6.20 Å². The van der Waals surface area contributed by atoms with Crippen molar-refractivity contribution in [1.29, 1.82) is 0 Å². The summed E-state index contributed by atoms with van der Waals surface area (Å²) in [6.07, 6.45) is 3.87. The average Bonchev–Trinajstić information content (AvgIpc) is 2.75. The second-order valence-electron chi connectivity index (χ2n) is 3.69. The van der Waals surface area contributed by atoms with Crippen molar-refractivity contribution in [2.75, 3.05) is 11.9 Å². The smallest absolute Gasteiger partial charge is 0.223 e. The fraction of sp³-hybridized carbons (Fsp3) is 0.364. The van der Waals surface area contributed by atoms with Crippen molar-refractivity contribution in [2.24, 2.45) is 7.05 Å². The minimum atomic E-state index is -0.467. The lowest BCUT2D eigenvalue weighted by molar-refractivity contribution is 0.617. The molecule has 0 aromatic carbocycles. The summed E-state index contributed by atoms with van der Waals surface area (Å²) in [7, 11) is 1.78. The second-order valence-corrected chi connectivity index (χ2v) is 3.69. The van der Waals surface area contributed by atoms with Crippen LogP contribution in [0.2, 0.25) is 0 Å². The molecule has 0 unspecified atom stereocenters. The highest BCUT2D eigenvalue weighted by molar-refractivity contribution is 5.55. The van der Waals surface area contributed by atoms with Crippen LogP contribution in [0.15, 0.2) is 18.5 Å². The molecule has 0 aliphatic rings. The molecule has 0 aliphatic heterocycles. The standard InChI is InChI=1S/C11H14FN5/c1-3-5-13-11-14-7-8(12)10(15-11)9-4-6-17(2)16-9/h4,6-7H,3,5H2,1-2H3,(H,13,14,15). The molecule has 0 radical (unpaired) electrons. The number of aromatic nitrogens is 4. The van der Waals surface area contributed by atoms with Gasteiger partial charge in [-0.05, 0) is 12.5 Å². The van der Waals surface area contributed by atoms with E-state index in [-0.39, 0.29) is 5.69 Å². The van der Waals surface area contributed by atoms with Crippen molar-refractivity contribution in [3.8, 4) is 11.4 Å². The lowest BCUT2D eigenvalue weighted by Gasteiger charge is -2.04. The van der Waals surface area contributed by atoms with E-state index < -0.39 is 5.82 Å². The Morgan fingerprint density at radius 3 is 2.94 bits per heavy atom. The first-order valence-corrected chi connectivity index (χ1v) is 5.47. The van der Waals surface area contributed by atoms with Crippen LogP contribution in [0.25, 0.3) is 11.4 Å². The average molecular weight is 235 g/mol. The normalized spacial score (nSPS) is 10.5. The van der Waals surface area contributed by atoms with Crippen LogP contribution in [0, 0.1) is 5.82 Å². The van der Waals surface area contributed by atoms with E-state index in [0.717, 1.165) is 19.2 Å². The number of anilines is 1. The summed E-state index contributed by atoms with van der Waals surface area (Å²) in [4.78, 5) is 8.00. The molecule has 0 saturated heterocycles. The molecular formula is C11H14FN5. The minimum absolute atomic E-state index is 0.221. The molecule has 0 aliphatic carbocycles. The van der Waals surface area contributed by atoms with Crippen LogP contribution in [-0.2, 0) is 7.05 Å². The molecule has 5 nitrogen and oxygen atoms in total. The molecule has 2 aromatic rings. The molecule has 2 aromatic heterocycles. The van der Waals surface area contributed by atoms with E-state index in [4.69, 9.17) is 0 Å². The van der Waals surface area contributed by atoms with Crippen LogP contribution in [-0.4, -0.2) is 26.3 Å². The summed E-state index contributed by atoms with van der Waals surface area (Å²) in [6, 6.07) is 1.72. The molecular weight excluding hydrogens is 221 g/mol. The number of hydrogen-bond donors (Lipinski definition) is 1. The Bertz CT molecular complexity index is 508. The Morgan fingerprint density at radius 2 is 2.29 bits per heavy atom. The van der Waals surface area contributed by atoms with E-state index >= 15 is 0 Å². The Balaban J connectivity index is 2.32. The first-order valence-electron chi connectivity index (χ1n) is 5.47. The highest BCUT2D eigenvalue weighted by Crippen LogP contribution is 2.18. The fourth-order valence-electron chi connectivity index (χ4n) is 1.41. The Kier molecular flexibility index (Phi) is 3.32. The largest absolute Gasteiger partial charge is 0.354 e. The summed E-state index contributed by atoms with van der Waals surface area (Å²) >= 11 is 0. The first-order chi connectivity index (χ1) is 8.20. The van der Waals surface area contributed by atoms with Crippen LogP contribution in [0.4, 0.5) is 10.3 Å². The predicted octanol–water partition coefficient (Wildman–Crippen LogP) is 1.84. The van der Waals surface area contributed by atoms with Crippen LogP contribution in [0.1, 0.15) is 13.3 Å². The van der Waals surface area contributed by atoms with Crippen molar-refractivity contribution in [1.82, 2.24) is 19.7 Å². The van der Waals surface area contributed by atoms with Gasteiger partial charge in [-0.1, -0.05) is 6.92 Å². The molecule has 0 spiro atoms. The number of nitrogens with zero attached hydrogens (tertiary/aromatic N) is 4. The quantitative estimate of drug-likeness (QED) is 0.878. The van der Waals surface area contributed by atoms with Crippen molar-refractivity contribution in [3.63, 3.8) is 0 Å². The number of halogens is 1. The van der Waals surface area contributed by atoms with Gasteiger partial charge >= 0.3 is 0 Å². The topological polar surface area (TPSA) is 55.6 Å². The third-order valence-electron chi connectivity index (χ3n) is 2.23. The SMILES string of the molecule is CCCNc1ncc(F)c(-c2ccn(C)n2)n1. The third kappa shape index (κ3) is 2.58. The van der Waals surface area contributed by atoms with E-state index in [0.29, 0.717) is 11.6 Å². The van der Waals surface area contributed by atoms with Gasteiger partial charge < -0.3 is 5.32 Å². The summed E-state index contributed by atoms with van der Waals surface area (Å²) < 4.78 is 15.2. The van der Waals surface area contributed by atoms with Crippen LogP contribution < -0.4 is 5.32 Å². The summed E-state index contributed by atoms with van der Waals surface area (Å²) in [6.45, 7) is 2.80. The zero-order chi connectivity index (χ0) is 12.3. The van der Waals surface area contributed by atoms with Gasteiger partial charge in [0.25, 0.3) is 0 Å². The van der Waals surface area contributed by atoms with E-state index in [1.807, 2.05) is 6.92 Å². The summed E-state index contributed by atoms with van der Waals surface area (Å²) in [5.74, 6) is -0.0420. The number of rotatable bonds is 4. The second kappa shape index (κ2) is 4.90. The highest BCUT2D eigenvalue weighted by Gasteiger charge is 2.11. The molecule has 0 amide bonds. The van der Waals surface area contributed by atoms with Gasteiger partial charge in [-0.3, -0.25) is 4.68 Å². The van der Waals surface area contributed by atoms with E-state index in [9.17, 15) is 4.39 Å². The predicted molar refractivity (Wildman–Crippen MR) is 63.0 cm³/mol. The zero-order valence-corrected chi connectivity index (χ0v) is 9.81. The first kappa shape index (κ1) is 11.5. The van der Waals surface area contributed by atoms with Gasteiger partial charge in [0.1, 0.15) is 11.4 Å². The molecule has 0 atom stereocenters. The van der Waals surface area contributed by atoms with Gasteiger partial charge in [0.15, 0.2) is 5.82 Å².